The number of nitrogens with two attached hydrogens (primary N) is 1. The predicted molar refractivity (Wildman–Crippen MR) is 99.2 cm³/mol. The lowest BCUT2D eigenvalue weighted by Gasteiger charge is -2.12. The summed E-state index contributed by atoms with van der Waals surface area (Å²) < 4.78 is 71.0. The molecule has 1 heterocycles. The van der Waals surface area contributed by atoms with E-state index in [1.807, 2.05) is 0 Å². The molecule has 0 aliphatic heterocycles. The van der Waals surface area contributed by atoms with Gasteiger partial charge in [0.05, 0.1) is 11.1 Å². The predicted octanol–water partition coefficient (Wildman–Crippen LogP) is 5.31. The summed E-state index contributed by atoms with van der Waals surface area (Å²) in [4.78, 5) is 15.8. The molecule has 3 aromatic rings. The lowest BCUT2D eigenvalue weighted by atomic mass is 10.1. The normalized spacial score (nSPS) is 11.3. The monoisotopic (exact) mass is 423 g/mol. The summed E-state index contributed by atoms with van der Waals surface area (Å²) in [5, 5.41) is 2.52. The third-order valence-corrected chi connectivity index (χ3v) is 4.03. The molecule has 0 bridgehead atoms. The van der Waals surface area contributed by atoms with Gasteiger partial charge >= 0.3 is 6.18 Å². The number of aryl methyl sites for hydroxylation is 1. The van der Waals surface area contributed by atoms with Crippen molar-refractivity contribution in [2.75, 3.05) is 11.1 Å². The van der Waals surface area contributed by atoms with Gasteiger partial charge in [-0.3, -0.25) is 4.79 Å². The van der Waals surface area contributed by atoms with Crippen molar-refractivity contribution < 1.29 is 31.5 Å². The molecule has 0 radical (unpaired) electrons. The van der Waals surface area contributed by atoms with Gasteiger partial charge in [0.2, 0.25) is 5.95 Å². The number of hydrogen-bond donors (Lipinski definition) is 2. The molecule has 5 nitrogen and oxygen atoms in total. The summed E-state index contributed by atoms with van der Waals surface area (Å²) >= 11 is 0. The number of halogens is 5. The maximum absolute atomic E-state index is 14.0. The molecule has 3 rings (SSSR count). The Hall–Kier alpha value is -3.69. The first-order valence-electron chi connectivity index (χ1n) is 8.44. The fourth-order valence-corrected chi connectivity index (χ4v) is 2.53. The minimum absolute atomic E-state index is 0.0275. The van der Waals surface area contributed by atoms with Gasteiger partial charge in [0.25, 0.3) is 5.91 Å². The highest BCUT2D eigenvalue weighted by molar-refractivity contribution is 6.07. The lowest BCUT2D eigenvalue weighted by Crippen LogP contribution is -2.16. The fraction of sp³-hybridized carbons (Fsp3) is 0.100. The van der Waals surface area contributed by atoms with Crippen LogP contribution in [0.5, 0.6) is 11.5 Å². The van der Waals surface area contributed by atoms with Crippen molar-refractivity contribution in [2.45, 2.75) is 13.1 Å². The molecule has 3 N–H and O–H groups in total. The number of aromatic nitrogens is 1. The Balaban J connectivity index is 1.75. The van der Waals surface area contributed by atoms with Gasteiger partial charge in [-0.2, -0.15) is 17.6 Å². The average Bonchev–Trinajstić information content (AvgIpc) is 2.67. The first kappa shape index (κ1) is 21.0. The van der Waals surface area contributed by atoms with E-state index in [0.29, 0.717) is 11.8 Å². The van der Waals surface area contributed by atoms with E-state index in [2.05, 4.69) is 10.3 Å². The topological polar surface area (TPSA) is 77.2 Å². The molecule has 2 aromatic carbocycles. The quantitative estimate of drug-likeness (QED) is 0.440. The van der Waals surface area contributed by atoms with E-state index in [1.54, 1.807) is 0 Å². The molecule has 0 aliphatic rings. The maximum Gasteiger partial charge on any atom is 0.419 e. The van der Waals surface area contributed by atoms with Crippen molar-refractivity contribution in [1.29, 1.82) is 0 Å². The van der Waals surface area contributed by atoms with Crippen LogP contribution in [0.15, 0.2) is 48.5 Å². The number of amides is 1. The van der Waals surface area contributed by atoms with Crippen LogP contribution in [0, 0.1) is 18.7 Å². The van der Waals surface area contributed by atoms with Gasteiger partial charge < -0.3 is 15.8 Å². The highest BCUT2D eigenvalue weighted by atomic mass is 19.4. The summed E-state index contributed by atoms with van der Waals surface area (Å²) in [5.41, 5.74) is 4.53. The van der Waals surface area contributed by atoms with Crippen LogP contribution in [0.1, 0.15) is 21.5 Å². The summed E-state index contributed by atoms with van der Waals surface area (Å²) in [6.07, 6.45) is -4.85. The number of anilines is 2. The van der Waals surface area contributed by atoms with Crippen molar-refractivity contribution in [1.82, 2.24) is 4.98 Å². The van der Waals surface area contributed by atoms with E-state index in [4.69, 9.17) is 10.5 Å². The highest BCUT2D eigenvalue weighted by Crippen LogP contribution is 2.36. The number of rotatable bonds is 4. The van der Waals surface area contributed by atoms with Gasteiger partial charge in [-0.05, 0) is 49.4 Å². The van der Waals surface area contributed by atoms with Crippen molar-refractivity contribution in [3.05, 3.63) is 77.0 Å². The molecule has 0 saturated heterocycles. The number of ether oxygens (including phenoxy) is 1. The number of nitrogen functional groups attached to an aromatic ring is 1. The molecule has 0 unspecified atom stereocenters. The Morgan fingerprint density at radius 2 is 1.77 bits per heavy atom. The van der Waals surface area contributed by atoms with Gasteiger partial charge in [-0.15, -0.1) is 0 Å². The lowest BCUT2D eigenvalue weighted by molar-refractivity contribution is -0.140. The van der Waals surface area contributed by atoms with Crippen LogP contribution in [0.4, 0.5) is 33.5 Å². The number of benzene rings is 2. The van der Waals surface area contributed by atoms with Crippen LogP contribution in [0.3, 0.4) is 0 Å². The molecular formula is C20H14F5N3O2. The fourth-order valence-electron chi connectivity index (χ4n) is 2.53. The van der Waals surface area contributed by atoms with Crippen LogP contribution < -0.4 is 15.8 Å². The minimum atomic E-state index is -4.85. The first-order valence-corrected chi connectivity index (χ1v) is 8.44. The van der Waals surface area contributed by atoms with Gasteiger partial charge in [-0.1, -0.05) is 6.07 Å². The van der Waals surface area contributed by atoms with E-state index >= 15 is 0 Å². The third-order valence-electron chi connectivity index (χ3n) is 4.03. The SMILES string of the molecule is Cc1cc(C(=O)Nc2ccc(Oc3cccc(C(F)(F)F)c3F)cc2)c(N)nc1F. The molecule has 1 amide bonds. The van der Waals surface area contributed by atoms with E-state index in [0.717, 1.165) is 12.1 Å². The standard InChI is InChI=1S/C20H14F5N3O2/c1-10-9-13(18(26)28-17(10)22)19(29)27-11-5-7-12(8-6-11)30-15-4-2-3-14(16(15)21)20(23,24)25/h2-9H,1H3,(H2,26,28)(H,27,29). The number of carbonyl (C=O) groups excluding carboxylic acids is 1. The molecule has 156 valence electrons. The molecule has 1 aromatic heterocycles. The van der Waals surface area contributed by atoms with Crippen LogP contribution in [-0.4, -0.2) is 10.9 Å². The van der Waals surface area contributed by atoms with Crippen LogP contribution in [-0.2, 0) is 6.18 Å². The molecule has 0 spiro atoms. The zero-order valence-corrected chi connectivity index (χ0v) is 15.3. The Labute approximate surface area is 167 Å². The Morgan fingerprint density at radius 3 is 2.40 bits per heavy atom. The van der Waals surface area contributed by atoms with Gasteiger partial charge in [0, 0.05) is 11.3 Å². The third kappa shape index (κ3) is 4.48. The first-order chi connectivity index (χ1) is 14.1. The maximum atomic E-state index is 14.0. The molecule has 0 atom stereocenters. The second-order valence-electron chi connectivity index (χ2n) is 6.22. The Kier molecular flexibility index (Phi) is 5.59. The van der Waals surface area contributed by atoms with Crippen molar-refractivity contribution >= 4 is 17.4 Å². The smallest absolute Gasteiger partial charge is 0.419 e. The number of alkyl halides is 3. The van der Waals surface area contributed by atoms with E-state index in [-0.39, 0.29) is 22.7 Å². The Bertz CT molecular complexity index is 1100. The summed E-state index contributed by atoms with van der Waals surface area (Å²) in [5.74, 6) is -3.78. The van der Waals surface area contributed by atoms with E-state index in [9.17, 15) is 26.7 Å². The molecule has 0 saturated carbocycles. The molecule has 0 fully saturated rings. The van der Waals surface area contributed by atoms with Crippen molar-refractivity contribution in [3.8, 4) is 11.5 Å². The average molecular weight is 423 g/mol. The summed E-state index contributed by atoms with van der Waals surface area (Å²) in [7, 11) is 0. The van der Waals surface area contributed by atoms with E-state index in [1.165, 1.54) is 37.3 Å². The minimum Gasteiger partial charge on any atom is -0.454 e. The molecular weight excluding hydrogens is 409 g/mol. The summed E-state index contributed by atoms with van der Waals surface area (Å²) in [6.45, 7) is 1.43. The number of carbonyl (C=O) groups is 1. The molecule has 0 aliphatic carbocycles. The largest absolute Gasteiger partial charge is 0.454 e. The van der Waals surface area contributed by atoms with Gasteiger partial charge in [-0.25, -0.2) is 9.37 Å². The zero-order valence-electron chi connectivity index (χ0n) is 15.3. The number of nitrogens with one attached hydrogen (secondary N) is 1. The van der Waals surface area contributed by atoms with Crippen LogP contribution in [0.25, 0.3) is 0 Å². The highest BCUT2D eigenvalue weighted by Gasteiger charge is 2.35. The number of nitrogens with zero attached hydrogens (tertiary/aromatic N) is 1. The second-order valence-corrected chi connectivity index (χ2v) is 6.22. The number of hydrogen-bond acceptors (Lipinski definition) is 4. The van der Waals surface area contributed by atoms with Crippen molar-refractivity contribution in [2.24, 2.45) is 0 Å². The van der Waals surface area contributed by atoms with Gasteiger partial charge in [0.15, 0.2) is 11.6 Å². The summed E-state index contributed by atoms with van der Waals surface area (Å²) in [6, 6.07) is 9.38. The van der Waals surface area contributed by atoms with Gasteiger partial charge in [0.1, 0.15) is 11.6 Å². The van der Waals surface area contributed by atoms with Crippen LogP contribution >= 0.6 is 0 Å². The molecule has 10 heteroatoms. The van der Waals surface area contributed by atoms with Crippen LogP contribution in [0.2, 0.25) is 0 Å². The van der Waals surface area contributed by atoms with E-state index < -0.39 is 35.2 Å². The zero-order chi connectivity index (χ0) is 22.1. The second kappa shape index (κ2) is 7.97. The Morgan fingerprint density at radius 1 is 1.10 bits per heavy atom. The van der Waals surface area contributed by atoms with Crippen molar-refractivity contribution in [3.63, 3.8) is 0 Å². The number of pyridine rings is 1. The molecule has 30 heavy (non-hydrogen) atoms.